The normalized spacial score (nSPS) is 9.93. The maximum atomic E-state index is 11.9. The highest BCUT2D eigenvalue weighted by Gasteiger charge is 2.13. The molecule has 5 heteroatoms. The van der Waals surface area contributed by atoms with Gasteiger partial charge in [0.25, 0.3) is 5.91 Å². The number of hydrogen-bond donors (Lipinski definition) is 0. The summed E-state index contributed by atoms with van der Waals surface area (Å²) < 4.78 is 6.25. The molecule has 5 nitrogen and oxygen atoms in total. The van der Waals surface area contributed by atoms with Crippen molar-refractivity contribution in [2.24, 2.45) is 0 Å². The van der Waals surface area contributed by atoms with E-state index in [4.69, 9.17) is 4.74 Å². The third-order valence-electron chi connectivity index (χ3n) is 1.96. The minimum absolute atomic E-state index is 0.259. The van der Waals surface area contributed by atoms with Crippen molar-refractivity contribution in [3.8, 4) is 5.75 Å². The van der Waals surface area contributed by atoms with Crippen molar-refractivity contribution in [1.29, 1.82) is 0 Å². The van der Waals surface area contributed by atoms with E-state index in [-0.39, 0.29) is 5.91 Å². The first kappa shape index (κ1) is 9.39. The zero-order valence-electron chi connectivity index (χ0n) is 8.12. The van der Waals surface area contributed by atoms with Gasteiger partial charge >= 0.3 is 0 Å². The molecule has 76 valence electrons. The van der Waals surface area contributed by atoms with E-state index in [1.165, 1.54) is 19.8 Å². The van der Waals surface area contributed by atoms with Gasteiger partial charge in [-0.2, -0.15) is 9.78 Å². The monoisotopic (exact) mass is 203 g/mol. The highest BCUT2D eigenvalue weighted by molar-refractivity contribution is 5.97. The van der Waals surface area contributed by atoms with Crippen LogP contribution in [0.5, 0.6) is 5.75 Å². The van der Waals surface area contributed by atoms with Crippen LogP contribution in [-0.4, -0.2) is 27.8 Å². The molecule has 0 spiro atoms. The first-order chi connectivity index (χ1) is 7.33. The van der Waals surface area contributed by atoms with Crippen LogP contribution in [-0.2, 0) is 0 Å². The number of hydrogen-bond acceptors (Lipinski definition) is 4. The van der Waals surface area contributed by atoms with Crippen LogP contribution in [0.4, 0.5) is 0 Å². The maximum absolute atomic E-state index is 11.9. The van der Waals surface area contributed by atoms with Gasteiger partial charge < -0.3 is 4.74 Å². The van der Waals surface area contributed by atoms with Crippen LogP contribution < -0.4 is 4.74 Å². The molecule has 0 aliphatic carbocycles. The van der Waals surface area contributed by atoms with Crippen LogP contribution in [0.2, 0.25) is 0 Å². The van der Waals surface area contributed by atoms with Crippen molar-refractivity contribution in [3.63, 3.8) is 0 Å². The van der Waals surface area contributed by atoms with Gasteiger partial charge in [-0.25, -0.2) is 4.98 Å². The highest BCUT2D eigenvalue weighted by atomic mass is 16.5. The van der Waals surface area contributed by atoms with Crippen molar-refractivity contribution in [2.45, 2.75) is 0 Å². The third kappa shape index (κ3) is 1.71. The van der Waals surface area contributed by atoms with Crippen LogP contribution in [0.1, 0.15) is 10.4 Å². The Bertz CT molecular complexity index is 465. The van der Waals surface area contributed by atoms with Gasteiger partial charge in [0.2, 0.25) is 0 Å². The second kappa shape index (κ2) is 3.91. The Labute approximate surface area is 86.3 Å². The lowest BCUT2D eigenvalue weighted by Gasteiger charge is -2.05. The van der Waals surface area contributed by atoms with Crippen LogP contribution in [0.15, 0.2) is 36.9 Å². The van der Waals surface area contributed by atoms with E-state index in [0.717, 1.165) is 4.68 Å². The first-order valence-corrected chi connectivity index (χ1v) is 4.35. The minimum Gasteiger partial charge on any atom is -0.496 e. The molecular weight excluding hydrogens is 194 g/mol. The molecule has 1 aromatic heterocycles. The van der Waals surface area contributed by atoms with Crippen molar-refractivity contribution < 1.29 is 9.53 Å². The Hall–Kier alpha value is -2.17. The predicted molar refractivity (Wildman–Crippen MR) is 52.7 cm³/mol. The summed E-state index contributed by atoms with van der Waals surface area (Å²) in [6.45, 7) is 0. The minimum atomic E-state index is -0.259. The van der Waals surface area contributed by atoms with Crippen molar-refractivity contribution in [3.05, 3.63) is 42.5 Å². The lowest BCUT2D eigenvalue weighted by molar-refractivity contribution is 0.0941. The van der Waals surface area contributed by atoms with E-state index < -0.39 is 0 Å². The molecule has 0 aliphatic rings. The van der Waals surface area contributed by atoms with E-state index in [0.29, 0.717) is 11.3 Å². The first-order valence-electron chi connectivity index (χ1n) is 4.35. The van der Waals surface area contributed by atoms with Gasteiger partial charge in [0, 0.05) is 0 Å². The lowest BCUT2D eigenvalue weighted by atomic mass is 10.2. The second-order valence-corrected chi connectivity index (χ2v) is 2.85. The van der Waals surface area contributed by atoms with E-state index in [1.54, 1.807) is 24.3 Å². The molecule has 0 saturated heterocycles. The number of carbonyl (C=O) groups excluding carboxylic acids is 1. The molecule has 0 fully saturated rings. The average Bonchev–Trinajstić information content (AvgIpc) is 2.81. The van der Waals surface area contributed by atoms with Crippen LogP contribution in [0.25, 0.3) is 0 Å². The molecule has 1 heterocycles. The Morgan fingerprint density at radius 3 is 2.87 bits per heavy atom. The van der Waals surface area contributed by atoms with E-state index in [1.807, 2.05) is 0 Å². The van der Waals surface area contributed by atoms with Crippen LogP contribution in [0.3, 0.4) is 0 Å². The smallest absolute Gasteiger partial charge is 0.283 e. The van der Waals surface area contributed by atoms with Crippen molar-refractivity contribution in [1.82, 2.24) is 14.8 Å². The zero-order valence-corrected chi connectivity index (χ0v) is 8.12. The second-order valence-electron chi connectivity index (χ2n) is 2.85. The molecular formula is C10H9N3O2. The Kier molecular flexibility index (Phi) is 2.45. The molecule has 0 amide bonds. The molecule has 0 aliphatic heterocycles. The molecule has 2 aromatic rings. The maximum Gasteiger partial charge on any atom is 0.283 e. The van der Waals surface area contributed by atoms with Crippen molar-refractivity contribution >= 4 is 5.91 Å². The summed E-state index contributed by atoms with van der Waals surface area (Å²) in [6.07, 6.45) is 2.67. The van der Waals surface area contributed by atoms with Crippen molar-refractivity contribution in [2.75, 3.05) is 7.11 Å². The van der Waals surface area contributed by atoms with Gasteiger partial charge in [-0.15, -0.1) is 0 Å². The summed E-state index contributed by atoms with van der Waals surface area (Å²) in [5.74, 6) is 0.267. The number of ether oxygens (including phenoxy) is 1. The molecule has 0 bridgehead atoms. The predicted octanol–water partition coefficient (Wildman–Crippen LogP) is 0.975. The number of carbonyl (C=O) groups is 1. The fraction of sp³-hybridized carbons (Fsp3) is 0.100. The third-order valence-corrected chi connectivity index (χ3v) is 1.96. The highest BCUT2D eigenvalue weighted by Crippen LogP contribution is 2.17. The summed E-state index contributed by atoms with van der Waals surface area (Å²) in [4.78, 5) is 15.6. The summed E-state index contributed by atoms with van der Waals surface area (Å²) in [6, 6.07) is 6.98. The SMILES string of the molecule is COc1ccccc1C(=O)n1cncn1. The van der Waals surface area contributed by atoms with E-state index in [9.17, 15) is 4.79 Å². The molecule has 0 unspecified atom stereocenters. The summed E-state index contributed by atoms with van der Waals surface area (Å²) in [5, 5.41) is 3.77. The van der Waals surface area contributed by atoms with Gasteiger partial charge in [-0.1, -0.05) is 12.1 Å². The molecule has 15 heavy (non-hydrogen) atoms. The van der Waals surface area contributed by atoms with Gasteiger partial charge in [-0.05, 0) is 12.1 Å². The number of aromatic nitrogens is 3. The van der Waals surface area contributed by atoms with Crippen LogP contribution in [0, 0.1) is 0 Å². The van der Waals surface area contributed by atoms with Gasteiger partial charge in [0.05, 0.1) is 12.7 Å². The molecule has 0 radical (unpaired) electrons. The fourth-order valence-electron chi connectivity index (χ4n) is 1.26. The number of benzene rings is 1. The quantitative estimate of drug-likeness (QED) is 0.729. The Balaban J connectivity index is 2.42. The summed E-state index contributed by atoms with van der Waals surface area (Å²) in [7, 11) is 1.52. The standard InChI is InChI=1S/C10H9N3O2/c1-15-9-5-3-2-4-8(9)10(14)13-7-11-6-12-13/h2-7H,1H3. The molecule has 1 aromatic carbocycles. The number of rotatable bonds is 2. The van der Waals surface area contributed by atoms with Gasteiger partial charge in [-0.3, -0.25) is 4.79 Å². The number of para-hydroxylation sites is 1. The zero-order chi connectivity index (χ0) is 10.7. The van der Waals surface area contributed by atoms with Crippen LogP contribution >= 0.6 is 0 Å². The largest absolute Gasteiger partial charge is 0.496 e. The van der Waals surface area contributed by atoms with Gasteiger partial charge in [0.1, 0.15) is 18.4 Å². The average molecular weight is 203 g/mol. The number of nitrogens with zero attached hydrogens (tertiary/aromatic N) is 3. The molecule has 2 rings (SSSR count). The molecule has 0 saturated carbocycles. The Morgan fingerprint density at radius 2 is 2.20 bits per heavy atom. The summed E-state index contributed by atoms with van der Waals surface area (Å²) >= 11 is 0. The Morgan fingerprint density at radius 1 is 1.40 bits per heavy atom. The lowest BCUT2D eigenvalue weighted by Crippen LogP contribution is -2.13. The molecule has 0 N–H and O–H groups in total. The topological polar surface area (TPSA) is 57.0 Å². The van der Waals surface area contributed by atoms with E-state index in [2.05, 4.69) is 10.1 Å². The molecule has 0 atom stereocenters. The van der Waals surface area contributed by atoms with Gasteiger partial charge in [0.15, 0.2) is 0 Å². The number of methoxy groups -OCH3 is 1. The fourth-order valence-corrected chi connectivity index (χ4v) is 1.26. The van der Waals surface area contributed by atoms with E-state index >= 15 is 0 Å². The summed E-state index contributed by atoms with van der Waals surface area (Å²) in [5.41, 5.74) is 0.463.